The van der Waals surface area contributed by atoms with Crippen LogP contribution < -0.4 is 9.47 Å². The smallest absolute Gasteiger partial charge is 0.194 e. The number of benzene rings is 1. The fraction of sp³-hybridized carbons (Fsp3) is 0.250. The van der Waals surface area contributed by atoms with Gasteiger partial charge in [-0.25, -0.2) is 0 Å². The van der Waals surface area contributed by atoms with Crippen molar-refractivity contribution in [3.8, 4) is 11.5 Å². The van der Waals surface area contributed by atoms with Gasteiger partial charge in [-0.3, -0.25) is 9.78 Å². The summed E-state index contributed by atoms with van der Waals surface area (Å²) in [6, 6.07) is 8.84. The van der Waals surface area contributed by atoms with Crippen LogP contribution in [0.3, 0.4) is 0 Å². The fourth-order valence-electron chi connectivity index (χ4n) is 1.77. The quantitative estimate of drug-likeness (QED) is 0.757. The Labute approximate surface area is 118 Å². The normalized spacial score (nSPS) is 10.1. The Morgan fingerprint density at radius 1 is 1.15 bits per heavy atom. The Morgan fingerprint density at radius 3 is 2.70 bits per heavy atom. The topological polar surface area (TPSA) is 48.4 Å². The maximum absolute atomic E-state index is 12.4. The van der Waals surface area contributed by atoms with E-state index in [1.165, 1.54) is 6.20 Å². The molecule has 0 fully saturated rings. The molecule has 0 bridgehead atoms. The lowest BCUT2D eigenvalue weighted by atomic mass is 10.0. The van der Waals surface area contributed by atoms with E-state index in [1.807, 2.05) is 19.1 Å². The Balaban J connectivity index is 2.23. The van der Waals surface area contributed by atoms with Crippen molar-refractivity contribution in [2.24, 2.45) is 0 Å². The first kappa shape index (κ1) is 14.1. The Kier molecular flexibility index (Phi) is 4.71. The monoisotopic (exact) mass is 271 g/mol. The van der Waals surface area contributed by atoms with Crippen molar-refractivity contribution in [2.45, 2.75) is 13.3 Å². The Bertz CT molecular complexity index is 596. The second-order valence-electron chi connectivity index (χ2n) is 4.32. The first-order valence-electron chi connectivity index (χ1n) is 6.51. The molecule has 0 aliphatic carbocycles. The van der Waals surface area contributed by atoms with Crippen LogP contribution in [-0.4, -0.2) is 24.5 Å². The van der Waals surface area contributed by atoms with Crippen LogP contribution >= 0.6 is 0 Å². The summed E-state index contributed by atoms with van der Waals surface area (Å²) in [7, 11) is 1.55. The molecule has 0 saturated carbocycles. The molecule has 4 heteroatoms. The first-order valence-corrected chi connectivity index (χ1v) is 6.51. The average Bonchev–Trinajstić information content (AvgIpc) is 2.52. The third-order valence-corrected chi connectivity index (χ3v) is 2.78. The minimum absolute atomic E-state index is 0.0988. The van der Waals surface area contributed by atoms with Crippen molar-refractivity contribution in [3.05, 3.63) is 53.9 Å². The SMILES string of the molecule is CCCOc1cccc(C(=O)c2cncc(OC)c2)c1. The Hall–Kier alpha value is -2.36. The number of nitrogens with zero attached hydrogens (tertiary/aromatic N) is 1. The van der Waals surface area contributed by atoms with Gasteiger partial charge in [0.1, 0.15) is 11.5 Å². The lowest BCUT2D eigenvalue weighted by molar-refractivity contribution is 0.103. The standard InChI is InChI=1S/C16H17NO3/c1-3-7-20-14-6-4-5-12(8-14)16(18)13-9-15(19-2)11-17-10-13/h4-6,8-11H,3,7H2,1-2H3. The van der Waals surface area contributed by atoms with Gasteiger partial charge in [0.15, 0.2) is 5.78 Å². The molecule has 0 amide bonds. The maximum Gasteiger partial charge on any atom is 0.194 e. The number of rotatable bonds is 6. The fourth-order valence-corrected chi connectivity index (χ4v) is 1.77. The summed E-state index contributed by atoms with van der Waals surface area (Å²) >= 11 is 0. The van der Waals surface area contributed by atoms with E-state index in [4.69, 9.17) is 9.47 Å². The van der Waals surface area contributed by atoms with Crippen molar-refractivity contribution < 1.29 is 14.3 Å². The summed E-state index contributed by atoms with van der Waals surface area (Å²) in [6.07, 6.45) is 4.03. The van der Waals surface area contributed by atoms with Crippen LogP contribution in [0.4, 0.5) is 0 Å². The van der Waals surface area contributed by atoms with Gasteiger partial charge in [-0.15, -0.1) is 0 Å². The predicted molar refractivity (Wildman–Crippen MR) is 76.4 cm³/mol. The zero-order valence-electron chi connectivity index (χ0n) is 11.6. The number of ether oxygens (including phenoxy) is 2. The van der Waals surface area contributed by atoms with Gasteiger partial charge >= 0.3 is 0 Å². The molecule has 2 rings (SSSR count). The van der Waals surface area contributed by atoms with E-state index in [0.29, 0.717) is 29.2 Å². The molecule has 0 spiro atoms. The van der Waals surface area contributed by atoms with Crippen molar-refractivity contribution in [1.82, 2.24) is 4.98 Å². The molecule has 0 saturated heterocycles. The molecule has 0 aliphatic rings. The lowest BCUT2D eigenvalue weighted by Gasteiger charge is -2.07. The van der Waals surface area contributed by atoms with Crippen molar-refractivity contribution in [2.75, 3.05) is 13.7 Å². The molecule has 1 heterocycles. The molecular weight excluding hydrogens is 254 g/mol. The first-order chi connectivity index (χ1) is 9.74. The molecule has 1 aromatic carbocycles. The largest absolute Gasteiger partial charge is 0.495 e. The molecular formula is C16H17NO3. The number of hydrogen-bond donors (Lipinski definition) is 0. The number of carbonyl (C=O) groups excluding carboxylic acids is 1. The lowest BCUT2D eigenvalue weighted by Crippen LogP contribution is -2.03. The number of methoxy groups -OCH3 is 1. The van der Waals surface area contributed by atoms with E-state index in [1.54, 1.807) is 31.5 Å². The van der Waals surface area contributed by atoms with Gasteiger partial charge in [-0.05, 0) is 24.6 Å². The number of aromatic nitrogens is 1. The minimum Gasteiger partial charge on any atom is -0.495 e. The van der Waals surface area contributed by atoms with Gasteiger partial charge in [0.25, 0.3) is 0 Å². The zero-order chi connectivity index (χ0) is 14.4. The third kappa shape index (κ3) is 3.35. The van der Waals surface area contributed by atoms with Crippen LogP contribution in [0.25, 0.3) is 0 Å². The molecule has 0 N–H and O–H groups in total. The second kappa shape index (κ2) is 6.70. The van der Waals surface area contributed by atoms with Gasteiger partial charge in [0.05, 0.1) is 19.9 Å². The van der Waals surface area contributed by atoms with Crippen molar-refractivity contribution in [1.29, 1.82) is 0 Å². The van der Waals surface area contributed by atoms with E-state index in [-0.39, 0.29) is 5.78 Å². The zero-order valence-corrected chi connectivity index (χ0v) is 11.6. The van der Waals surface area contributed by atoms with Gasteiger partial charge in [-0.1, -0.05) is 19.1 Å². The van der Waals surface area contributed by atoms with Crippen molar-refractivity contribution in [3.63, 3.8) is 0 Å². The number of hydrogen-bond acceptors (Lipinski definition) is 4. The van der Waals surface area contributed by atoms with E-state index in [0.717, 1.165) is 6.42 Å². The van der Waals surface area contributed by atoms with Gasteiger partial charge in [-0.2, -0.15) is 0 Å². The molecule has 4 nitrogen and oxygen atoms in total. The highest BCUT2D eigenvalue weighted by Gasteiger charge is 2.11. The van der Waals surface area contributed by atoms with Crippen LogP contribution in [-0.2, 0) is 0 Å². The van der Waals surface area contributed by atoms with Crippen LogP contribution in [0.1, 0.15) is 29.3 Å². The van der Waals surface area contributed by atoms with E-state index >= 15 is 0 Å². The maximum atomic E-state index is 12.4. The van der Waals surface area contributed by atoms with Gasteiger partial charge < -0.3 is 9.47 Å². The van der Waals surface area contributed by atoms with E-state index in [2.05, 4.69) is 4.98 Å². The summed E-state index contributed by atoms with van der Waals surface area (Å²) in [6.45, 7) is 2.68. The predicted octanol–water partition coefficient (Wildman–Crippen LogP) is 3.11. The summed E-state index contributed by atoms with van der Waals surface area (Å²) in [5.74, 6) is 1.17. The third-order valence-electron chi connectivity index (χ3n) is 2.78. The highest BCUT2D eigenvalue weighted by Crippen LogP contribution is 2.18. The highest BCUT2D eigenvalue weighted by molar-refractivity contribution is 6.09. The molecule has 2 aromatic rings. The van der Waals surface area contributed by atoms with Gasteiger partial charge in [0, 0.05) is 17.3 Å². The Morgan fingerprint density at radius 2 is 1.95 bits per heavy atom. The molecule has 104 valence electrons. The number of carbonyl (C=O) groups is 1. The molecule has 0 radical (unpaired) electrons. The number of ketones is 1. The average molecular weight is 271 g/mol. The molecule has 20 heavy (non-hydrogen) atoms. The number of pyridine rings is 1. The highest BCUT2D eigenvalue weighted by atomic mass is 16.5. The molecule has 1 aromatic heterocycles. The van der Waals surface area contributed by atoms with Gasteiger partial charge in [0.2, 0.25) is 0 Å². The second-order valence-corrected chi connectivity index (χ2v) is 4.32. The summed E-state index contributed by atoms with van der Waals surface area (Å²) in [5.41, 5.74) is 1.07. The minimum atomic E-state index is -0.0988. The van der Waals surface area contributed by atoms with Crippen LogP contribution in [0.5, 0.6) is 11.5 Å². The van der Waals surface area contributed by atoms with Crippen molar-refractivity contribution >= 4 is 5.78 Å². The molecule has 0 aliphatic heterocycles. The molecule has 0 unspecified atom stereocenters. The summed E-state index contributed by atoms with van der Waals surface area (Å²) in [4.78, 5) is 16.4. The van der Waals surface area contributed by atoms with Crippen LogP contribution in [0, 0.1) is 0 Å². The summed E-state index contributed by atoms with van der Waals surface area (Å²) in [5, 5.41) is 0. The van der Waals surface area contributed by atoms with Crippen LogP contribution in [0.2, 0.25) is 0 Å². The summed E-state index contributed by atoms with van der Waals surface area (Å²) < 4.78 is 10.6. The van der Waals surface area contributed by atoms with E-state index in [9.17, 15) is 4.79 Å². The van der Waals surface area contributed by atoms with Crippen LogP contribution in [0.15, 0.2) is 42.7 Å². The molecule has 0 atom stereocenters. The van der Waals surface area contributed by atoms with E-state index < -0.39 is 0 Å².